The van der Waals surface area contributed by atoms with Crippen LogP contribution in [0.3, 0.4) is 0 Å². The zero-order chi connectivity index (χ0) is 24.4. The van der Waals surface area contributed by atoms with Gasteiger partial charge in [-0.1, -0.05) is 6.07 Å². The highest BCUT2D eigenvalue weighted by atomic mass is 16.6. The fourth-order valence-electron chi connectivity index (χ4n) is 3.08. The minimum Gasteiger partial charge on any atom is -0.487 e. The zero-order valence-electron chi connectivity index (χ0n) is 20.1. The Kier molecular flexibility index (Phi) is 14.0. The van der Waals surface area contributed by atoms with Gasteiger partial charge in [-0.25, -0.2) is 0 Å². The summed E-state index contributed by atoms with van der Waals surface area (Å²) in [4.78, 5) is 24.7. The van der Waals surface area contributed by atoms with Crippen LogP contribution in [0.4, 0.5) is 0 Å². The van der Waals surface area contributed by atoms with Gasteiger partial charge in [-0.15, -0.1) is 0 Å². The highest BCUT2D eigenvalue weighted by Crippen LogP contribution is 2.30. The first kappa shape index (κ1) is 27.8. The van der Waals surface area contributed by atoms with Crippen LogP contribution in [0, 0.1) is 5.92 Å². The van der Waals surface area contributed by atoms with E-state index in [0.29, 0.717) is 83.1 Å². The van der Waals surface area contributed by atoms with Crippen LogP contribution in [-0.4, -0.2) is 91.2 Å². The molecule has 0 saturated carbocycles. The first-order valence-electron chi connectivity index (χ1n) is 11.7. The molecule has 0 atom stereocenters. The molecule has 0 aromatic heterocycles. The Morgan fingerprint density at radius 2 is 1.15 bits per heavy atom. The molecule has 192 valence electrons. The topological polar surface area (TPSA) is 108 Å². The number of carbonyl (C=O) groups is 2. The van der Waals surface area contributed by atoms with Crippen LogP contribution in [0.1, 0.15) is 19.4 Å². The van der Waals surface area contributed by atoms with Crippen molar-refractivity contribution in [3.05, 3.63) is 23.8 Å². The van der Waals surface area contributed by atoms with E-state index in [1.165, 1.54) is 0 Å². The number of carbonyl (C=O) groups excluding carboxylic acids is 2. The van der Waals surface area contributed by atoms with Crippen molar-refractivity contribution < 1.29 is 47.5 Å². The van der Waals surface area contributed by atoms with Gasteiger partial charge in [0.2, 0.25) is 0 Å². The van der Waals surface area contributed by atoms with Crippen molar-refractivity contribution in [2.24, 2.45) is 5.92 Å². The summed E-state index contributed by atoms with van der Waals surface area (Å²) in [6.07, 6.45) is 0.116. The lowest BCUT2D eigenvalue weighted by molar-refractivity contribution is -0.161. The van der Waals surface area contributed by atoms with Gasteiger partial charge in [-0.3, -0.25) is 9.59 Å². The fraction of sp³-hybridized carbons (Fsp3) is 0.667. The molecule has 0 fully saturated rings. The summed E-state index contributed by atoms with van der Waals surface area (Å²) in [7, 11) is 0. The Labute approximate surface area is 200 Å². The first-order chi connectivity index (χ1) is 16.7. The van der Waals surface area contributed by atoms with Gasteiger partial charge in [0.05, 0.1) is 66.1 Å². The minimum absolute atomic E-state index is 0.116. The molecule has 0 aliphatic carbocycles. The lowest BCUT2D eigenvalue weighted by Gasteiger charge is -2.17. The summed E-state index contributed by atoms with van der Waals surface area (Å²) in [5.41, 5.74) is 0.707. The maximum absolute atomic E-state index is 12.3. The molecule has 0 saturated heterocycles. The number of hydrogen-bond donors (Lipinski definition) is 0. The highest BCUT2D eigenvalue weighted by Gasteiger charge is 2.30. The standard InChI is InChI=1S/C24H36O10/c1-3-31-23(25)20(24(26)32-4-2)17-19-5-6-21-22(18-19)34-16-14-30-12-10-28-8-7-27-9-11-29-13-15-33-21/h5-6,18,20H,3-4,7-17H2,1-2H3. The second-order valence-electron chi connectivity index (χ2n) is 7.19. The molecule has 1 aliphatic rings. The third-order valence-corrected chi connectivity index (χ3v) is 4.68. The maximum atomic E-state index is 12.3. The summed E-state index contributed by atoms with van der Waals surface area (Å²) >= 11 is 0. The highest BCUT2D eigenvalue weighted by molar-refractivity contribution is 5.95. The van der Waals surface area contributed by atoms with E-state index in [1.807, 2.05) is 0 Å². The summed E-state index contributed by atoms with van der Waals surface area (Å²) in [6, 6.07) is 5.27. The average Bonchev–Trinajstić information content (AvgIpc) is 2.82. The van der Waals surface area contributed by atoms with E-state index in [0.717, 1.165) is 0 Å². The molecule has 1 aromatic rings. The lowest BCUT2D eigenvalue weighted by atomic mass is 9.99. The number of esters is 2. The van der Waals surface area contributed by atoms with Crippen LogP contribution in [0.2, 0.25) is 0 Å². The number of benzene rings is 1. The monoisotopic (exact) mass is 484 g/mol. The van der Waals surface area contributed by atoms with Crippen LogP contribution in [0.25, 0.3) is 0 Å². The number of rotatable bonds is 6. The van der Waals surface area contributed by atoms with E-state index in [1.54, 1.807) is 32.0 Å². The van der Waals surface area contributed by atoms with Crippen LogP contribution in [0.5, 0.6) is 11.5 Å². The van der Waals surface area contributed by atoms with Crippen molar-refractivity contribution in [2.45, 2.75) is 20.3 Å². The van der Waals surface area contributed by atoms with E-state index in [2.05, 4.69) is 0 Å². The molecule has 0 radical (unpaired) electrons. The third-order valence-electron chi connectivity index (χ3n) is 4.68. The molecule has 34 heavy (non-hydrogen) atoms. The van der Waals surface area contributed by atoms with Crippen LogP contribution >= 0.6 is 0 Å². The molecule has 0 unspecified atom stereocenters. The molecule has 0 bridgehead atoms. The summed E-state index contributed by atoms with van der Waals surface area (Å²) < 4.78 is 43.7. The van der Waals surface area contributed by atoms with Crippen molar-refractivity contribution >= 4 is 11.9 Å². The smallest absolute Gasteiger partial charge is 0.320 e. The van der Waals surface area contributed by atoms with Crippen molar-refractivity contribution in [1.82, 2.24) is 0 Å². The lowest BCUT2D eigenvalue weighted by Crippen LogP contribution is -2.30. The molecule has 1 heterocycles. The van der Waals surface area contributed by atoms with Crippen LogP contribution in [-0.2, 0) is 44.4 Å². The normalized spacial score (nSPS) is 16.8. The number of hydrogen-bond acceptors (Lipinski definition) is 10. The molecular formula is C24H36O10. The molecule has 1 aromatic carbocycles. The van der Waals surface area contributed by atoms with E-state index in [-0.39, 0.29) is 19.6 Å². The van der Waals surface area contributed by atoms with Gasteiger partial charge in [-0.2, -0.15) is 0 Å². The van der Waals surface area contributed by atoms with E-state index in [4.69, 9.17) is 37.9 Å². The maximum Gasteiger partial charge on any atom is 0.320 e. The molecule has 0 amide bonds. The van der Waals surface area contributed by atoms with Gasteiger partial charge in [0, 0.05) is 0 Å². The predicted molar refractivity (Wildman–Crippen MR) is 121 cm³/mol. The molecule has 2 rings (SSSR count). The number of ether oxygens (including phenoxy) is 8. The quantitative estimate of drug-likeness (QED) is 0.438. The number of fused-ring (bicyclic) bond motifs is 1. The van der Waals surface area contributed by atoms with Crippen molar-refractivity contribution in [3.63, 3.8) is 0 Å². The van der Waals surface area contributed by atoms with Crippen molar-refractivity contribution in [1.29, 1.82) is 0 Å². The van der Waals surface area contributed by atoms with Crippen LogP contribution in [0.15, 0.2) is 18.2 Å². The SMILES string of the molecule is CCOC(=O)C(Cc1ccc2c(c1)OCCOCCOCCOCCOCCO2)C(=O)OCC. The van der Waals surface area contributed by atoms with Crippen molar-refractivity contribution in [2.75, 3.05) is 79.3 Å². The first-order valence-corrected chi connectivity index (χ1v) is 11.7. The van der Waals surface area contributed by atoms with Gasteiger partial charge in [-0.05, 0) is 38.0 Å². The Hall–Kier alpha value is -2.40. The molecule has 0 spiro atoms. The van der Waals surface area contributed by atoms with Gasteiger partial charge in [0.15, 0.2) is 17.4 Å². The largest absolute Gasteiger partial charge is 0.487 e. The predicted octanol–water partition coefficient (Wildman–Crippen LogP) is 1.81. The Morgan fingerprint density at radius 3 is 1.62 bits per heavy atom. The molecule has 0 N–H and O–H groups in total. The van der Waals surface area contributed by atoms with Gasteiger partial charge < -0.3 is 37.9 Å². The second-order valence-corrected chi connectivity index (χ2v) is 7.19. The zero-order valence-corrected chi connectivity index (χ0v) is 20.1. The van der Waals surface area contributed by atoms with E-state index in [9.17, 15) is 9.59 Å². The molecule has 10 nitrogen and oxygen atoms in total. The fourth-order valence-corrected chi connectivity index (χ4v) is 3.08. The Bertz CT molecular complexity index is 706. The summed E-state index contributed by atoms with van der Waals surface area (Å²) in [6.45, 7) is 7.94. The summed E-state index contributed by atoms with van der Waals surface area (Å²) in [5, 5.41) is 0. The van der Waals surface area contributed by atoms with Gasteiger partial charge >= 0.3 is 11.9 Å². The molecular weight excluding hydrogens is 448 g/mol. The van der Waals surface area contributed by atoms with Gasteiger partial charge in [0.25, 0.3) is 0 Å². The molecule has 1 aliphatic heterocycles. The summed E-state index contributed by atoms with van der Waals surface area (Å²) in [5.74, 6) is -1.29. The second kappa shape index (κ2) is 17.1. The Balaban J connectivity index is 2.08. The van der Waals surface area contributed by atoms with Gasteiger partial charge in [0.1, 0.15) is 13.2 Å². The third kappa shape index (κ3) is 10.7. The van der Waals surface area contributed by atoms with Crippen molar-refractivity contribution in [3.8, 4) is 11.5 Å². The average molecular weight is 485 g/mol. The molecule has 10 heteroatoms. The van der Waals surface area contributed by atoms with Crippen LogP contribution < -0.4 is 9.47 Å². The van der Waals surface area contributed by atoms with E-state index < -0.39 is 17.9 Å². The Morgan fingerprint density at radius 1 is 0.706 bits per heavy atom. The minimum atomic E-state index is -1.06. The van der Waals surface area contributed by atoms with E-state index >= 15 is 0 Å².